The fourth-order valence-corrected chi connectivity index (χ4v) is 2.48. The molecule has 6 heteroatoms. The summed E-state index contributed by atoms with van der Waals surface area (Å²) in [6.45, 7) is 2.40. The molecular weight excluding hydrogens is 270 g/mol. The van der Waals surface area contributed by atoms with E-state index < -0.39 is 5.97 Å². The molecule has 114 valence electrons. The average Bonchev–Trinajstić information content (AvgIpc) is 2.45. The molecule has 1 heterocycles. The summed E-state index contributed by atoms with van der Waals surface area (Å²) in [5.74, 6) is -0.907. The number of carbonyl (C=O) groups is 2. The molecule has 0 aliphatic carbocycles. The molecule has 1 aromatic carbocycles. The number of rotatable bonds is 4. The maximum Gasteiger partial charge on any atom is 0.335 e. The highest BCUT2D eigenvalue weighted by molar-refractivity contribution is 5.90. The van der Waals surface area contributed by atoms with E-state index >= 15 is 0 Å². The number of hydrogen-bond acceptors (Lipinski definition) is 3. The monoisotopic (exact) mass is 291 g/mol. The van der Waals surface area contributed by atoms with Crippen LogP contribution in [0.3, 0.4) is 0 Å². The number of aromatic carboxylic acids is 1. The largest absolute Gasteiger partial charge is 0.478 e. The molecule has 1 aliphatic rings. The fraction of sp³-hybridized carbons (Fsp3) is 0.467. The zero-order chi connectivity index (χ0) is 15.4. The predicted octanol–water partition coefficient (Wildman–Crippen LogP) is 1.01. The van der Waals surface area contributed by atoms with E-state index in [4.69, 9.17) is 0 Å². The first kappa shape index (κ1) is 15.3. The van der Waals surface area contributed by atoms with Crippen molar-refractivity contribution in [3.8, 4) is 0 Å². The van der Waals surface area contributed by atoms with Gasteiger partial charge in [0.2, 0.25) is 0 Å². The fourth-order valence-electron chi connectivity index (χ4n) is 2.48. The van der Waals surface area contributed by atoms with Gasteiger partial charge in [-0.25, -0.2) is 9.59 Å². The molecule has 1 aromatic rings. The third kappa shape index (κ3) is 3.72. The molecule has 0 radical (unpaired) electrons. The summed E-state index contributed by atoms with van der Waals surface area (Å²) < 4.78 is 0. The van der Waals surface area contributed by atoms with Crippen molar-refractivity contribution < 1.29 is 14.7 Å². The normalized spacial score (nSPS) is 14.0. The first-order chi connectivity index (χ1) is 9.99. The van der Waals surface area contributed by atoms with Gasteiger partial charge < -0.3 is 20.2 Å². The summed E-state index contributed by atoms with van der Waals surface area (Å²) in [6.07, 6.45) is 0.582. The molecule has 0 unspecified atom stereocenters. The lowest BCUT2D eigenvalue weighted by Crippen LogP contribution is -2.44. The van der Waals surface area contributed by atoms with Gasteiger partial charge in [0.05, 0.1) is 5.56 Å². The van der Waals surface area contributed by atoms with Gasteiger partial charge in [0.25, 0.3) is 0 Å². The van der Waals surface area contributed by atoms with Crippen LogP contribution in [0.5, 0.6) is 0 Å². The summed E-state index contributed by atoms with van der Waals surface area (Å²) in [6, 6.07) is 5.15. The van der Waals surface area contributed by atoms with E-state index in [2.05, 4.69) is 5.32 Å². The number of carboxylic acids is 1. The number of carbonyl (C=O) groups excluding carboxylic acids is 1. The number of hydrogen-bond donors (Lipinski definition) is 2. The second-order valence-corrected chi connectivity index (χ2v) is 5.46. The Morgan fingerprint density at radius 1 is 1.38 bits per heavy atom. The molecule has 21 heavy (non-hydrogen) atoms. The van der Waals surface area contributed by atoms with Crippen molar-refractivity contribution in [3.05, 3.63) is 34.9 Å². The molecule has 6 nitrogen and oxygen atoms in total. The molecule has 2 amide bonds. The van der Waals surface area contributed by atoms with E-state index in [9.17, 15) is 14.7 Å². The minimum absolute atomic E-state index is 0.0942. The van der Waals surface area contributed by atoms with E-state index in [0.717, 1.165) is 17.7 Å². The summed E-state index contributed by atoms with van der Waals surface area (Å²) in [5.41, 5.74) is 2.12. The predicted molar refractivity (Wildman–Crippen MR) is 79.5 cm³/mol. The van der Waals surface area contributed by atoms with E-state index in [1.165, 1.54) is 0 Å². The second kappa shape index (κ2) is 6.58. The van der Waals surface area contributed by atoms with Gasteiger partial charge in [0, 0.05) is 26.2 Å². The average molecular weight is 291 g/mol. The maximum absolute atomic E-state index is 12.1. The highest BCUT2D eigenvalue weighted by Crippen LogP contribution is 2.22. The van der Waals surface area contributed by atoms with Crippen LogP contribution in [0.2, 0.25) is 0 Å². The van der Waals surface area contributed by atoms with Gasteiger partial charge in [-0.3, -0.25) is 0 Å². The number of amides is 2. The minimum Gasteiger partial charge on any atom is -0.478 e. The lowest BCUT2D eigenvalue weighted by molar-refractivity contribution is 0.0695. The molecule has 2 N–H and O–H groups in total. The molecule has 0 atom stereocenters. The van der Waals surface area contributed by atoms with E-state index in [0.29, 0.717) is 31.6 Å². The quantitative estimate of drug-likeness (QED) is 0.868. The third-order valence-electron chi connectivity index (χ3n) is 3.62. The Morgan fingerprint density at radius 3 is 2.81 bits per heavy atom. The van der Waals surface area contributed by atoms with Crippen LogP contribution >= 0.6 is 0 Å². The number of urea groups is 1. The van der Waals surface area contributed by atoms with Crippen LogP contribution in [0.25, 0.3) is 0 Å². The van der Waals surface area contributed by atoms with Crippen molar-refractivity contribution >= 4 is 12.0 Å². The van der Waals surface area contributed by atoms with Crippen molar-refractivity contribution in [3.63, 3.8) is 0 Å². The van der Waals surface area contributed by atoms with Crippen molar-refractivity contribution in [1.29, 1.82) is 0 Å². The number of benzene rings is 1. The Hall–Kier alpha value is -2.08. The topological polar surface area (TPSA) is 72.9 Å². The Morgan fingerprint density at radius 2 is 2.14 bits per heavy atom. The highest BCUT2D eigenvalue weighted by atomic mass is 16.4. The zero-order valence-corrected chi connectivity index (χ0v) is 12.4. The second-order valence-electron chi connectivity index (χ2n) is 5.46. The van der Waals surface area contributed by atoms with Crippen LogP contribution in [0.15, 0.2) is 18.2 Å². The molecule has 0 fully saturated rings. The SMILES string of the molecule is CN(C)CCNC(=O)N1CCc2c(cccc2C(=O)O)C1. The smallest absolute Gasteiger partial charge is 0.335 e. The molecular formula is C15H21N3O3. The first-order valence-corrected chi connectivity index (χ1v) is 7.00. The Balaban J connectivity index is 2.01. The first-order valence-electron chi connectivity index (χ1n) is 7.00. The lowest BCUT2D eigenvalue weighted by Gasteiger charge is -2.30. The van der Waals surface area contributed by atoms with Gasteiger partial charge in [-0.15, -0.1) is 0 Å². The van der Waals surface area contributed by atoms with Crippen molar-refractivity contribution in [2.45, 2.75) is 13.0 Å². The van der Waals surface area contributed by atoms with Crippen LogP contribution in [0.1, 0.15) is 21.5 Å². The van der Waals surface area contributed by atoms with Crippen LogP contribution in [0, 0.1) is 0 Å². The highest BCUT2D eigenvalue weighted by Gasteiger charge is 2.23. The van der Waals surface area contributed by atoms with Gasteiger partial charge in [-0.2, -0.15) is 0 Å². The Bertz CT molecular complexity index is 543. The van der Waals surface area contributed by atoms with Gasteiger partial charge in [0.1, 0.15) is 0 Å². The van der Waals surface area contributed by atoms with Gasteiger partial charge in [0.15, 0.2) is 0 Å². The summed E-state index contributed by atoms with van der Waals surface area (Å²) >= 11 is 0. The van der Waals surface area contributed by atoms with Crippen molar-refractivity contribution in [2.75, 3.05) is 33.7 Å². The minimum atomic E-state index is -0.907. The van der Waals surface area contributed by atoms with E-state index in [-0.39, 0.29) is 6.03 Å². The molecule has 0 saturated heterocycles. The molecule has 1 aliphatic heterocycles. The lowest BCUT2D eigenvalue weighted by atomic mass is 9.95. The number of likely N-dealkylation sites (N-methyl/N-ethyl adjacent to an activating group) is 1. The molecule has 0 bridgehead atoms. The van der Waals surface area contributed by atoms with Gasteiger partial charge >= 0.3 is 12.0 Å². The van der Waals surface area contributed by atoms with Crippen molar-refractivity contribution in [1.82, 2.24) is 15.1 Å². The summed E-state index contributed by atoms with van der Waals surface area (Å²) in [4.78, 5) is 27.0. The zero-order valence-electron chi connectivity index (χ0n) is 12.4. The molecule has 2 rings (SSSR count). The van der Waals surface area contributed by atoms with Crippen LogP contribution < -0.4 is 5.32 Å². The number of carboxylic acid groups (broad SMARTS) is 1. The van der Waals surface area contributed by atoms with Gasteiger partial charge in [-0.05, 0) is 37.7 Å². The third-order valence-corrected chi connectivity index (χ3v) is 3.62. The summed E-state index contributed by atoms with van der Waals surface area (Å²) in [7, 11) is 3.91. The number of nitrogens with one attached hydrogen (secondary N) is 1. The van der Waals surface area contributed by atoms with Crippen LogP contribution in [0.4, 0.5) is 4.79 Å². The van der Waals surface area contributed by atoms with E-state index in [1.807, 2.05) is 25.1 Å². The Kier molecular flexibility index (Phi) is 4.80. The molecule has 0 saturated carbocycles. The maximum atomic E-state index is 12.1. The van der Waals surface area contributed by atoms with Crippen LogP contribution in [-0.4, -0.2) is 60.6 Å². The number of nitrogens with zero attached hydrogens (tertiary/aromatic N) is 2. The van der Waals surface area contributed by atoms with Gasteiger partial charge in [-0.1, -0.05) is 12.1 Å². The van der Waals surface area contributed by atoms with Crippen molar-refractivity contribution in [2.24, 2.45) is 0 Å². The number of fused-ring (bicyclic) bond motifs is 1. The molecule has 0 aromatic heterocycles. The summed E-state index contributed by atoms with van der Waals surface area (Å²) in [5, 5.41) is 12.1. The van der Waals surface area contributed by atoms with E-state index in [1.54, 1.807) is 17.0 Å². The molecule has 0 spiro atoms. The van der Waals surface area contributed by atoms with Crippen LogP contribution in [-0.2, 0) is 13.0 Å². The standard InChI is InChI=1S/C15H21N3O3/c1-17(2)9-7-16-15(21)18-8-6-12-11(10-18)4-3-5-13(12)14(19)20/h3-5H,6-10H2,1-2H3,(H,16,21)(H,19,20). The Labute approximate surface area is 124 Å².